The van der Waals surface area contributed by atoms with Gasteiger partial charge < -0.3 is 9.47 Å². The Bertz CT molecular complexity index is 841. The fourth-order valence-corrected chi connectivity index (χ4v) is 2.91. The van der Waals surface area contributed by atoms with Crippen molar-refractivity contribution in [3.05, 3.63) is 47.5 Å². The maximum atomic E-state index is 6.10. The zero-order chi connectivity index (χ0) is 15.1. The van der Waals surface area contributed by atoms with Gasteiger partial charge in [0, 0.05) is 0 Å². The predicted octanol–water partition coefficient (Wildman–Crippen LogP) is 2.89. The average Bonchev–Trinajstić information content (AvgIpc) is 2.90. The summed E-state index contributed by atoms with van der Waals surface area (Å²) in [6.45, 7) is 5.24. The number of nitrogens with zero attached hydrogens (tertiary/aromatic N) is 3. The average molecular weight is 295 g/mol. The van der Waals surface area contributed by atoms with Gasteiger partial charge in [-0.2, -0.15) is 0 Å². The van der Waals surface area contributed by atoms with Gasteiger partial charge in [-0.3, -0.25) is 0 Å². The number of aromatic nitrogens is 3. The minimum absolute atomic E-state index is 0.0705. The number of hydrogen-bond donors (Lipinski definition) is 0. The lowest BCUT2D eigenvalue weighted by atomic mass is 10.1. The van der Waals surface area contributed by atoms with Crippen LogP contribution in [0.2, 0.25) is 0 Å². The van der Waals surface area contributed by atoms with Crippen molar-refractivity contribution >= 4 is 11.0 Å². The quantitative estimate of drug-likeness (QED) is 0.729. The van der Waals surface area contributed by atoms with E-state index in [-0.39, 0.29) is 6.10 Å². The Kier molecular flexibility index (Phi) is 2.99. The molecule has 3 aromatic rings. The standard InChI is InChI=1S/C17H17N3O2/c1-11-7-12(2)17-16(8-11)22-13(10-21-17)9-20-15-6-4-3-5-14(15)18-19-20/h3-8,13H,9-10H2,1-2H3. The maximum absolute atomic E-state index is 6.10. The molecule has 0 spiro atoms. The molecule has 0 amide bonds. The van der Waals surface area contributed by atoms with Crippen molar-refractivity contribution in [3.8, 4) is 11.5 Å². The first kappa shape index (κ1) is 13.1. The SMILES string of the molecule is Cc1cc(C)c2c(c1)OC(Cn1nnc3ccccc31)CO2. The summed E-state index contributed by atoms with van der Waals surface area (Å²) in [7, 11) is 0. The summed E-state index contributed by atoms with van der Waals surface area (Å²) < 4.78 is 13.9. The molecule has 0 saturated heterocycles. The lowest BCUT2D eigenvalue weighted by Gasteiger charge is -2.28. The molecule has 0 aliphatic carbocycles. The highest BCUT2D eigenvalue weighted by Crippen LogP contribution is 2.36. The molecule has 22 heavy (non-hydrogen) atoms. The number of aryl methyl sites for hydroxylation is 2. The number of ether oxygens (including phenoxy) is 2. The second kappa shape index (κ2) is 5.02. The van der Waals surface area contributed by atoms with Crippen molar-refractivity contribution in [1.29, 1.82) is 0 Å². The van der Waals surface area contributed by atoms with Crippen molar-refractivity contribution in [2.45, 2.75) is 26.5 Å². The van der Waals surface area contributed by atoms with Crippen molar-refractivity contribution in [1.82, 2.24) is 15.0 Å². The molecule has 0 N–H and O–H groups in total. The van der Waals surface area contributed by atoms with Crippen LogP contribution in [0.4, 0.5) is 0 Å². The summed E-state index contributed by atoms with van der Waals surface area (Å²) in [6, 6.07) is 12.0. The third-order valence-electron chi connectivity index (χ3n) is 3.89. The van der Waals surface area contributed by atoms with E-state index in [4.69, 9.17) is 9.47 Å². The highest BCUT2D eigenvalue weighted by molar-refractivity contribution is 5.73. The van der Waals surface area contributed by atoms with Crippen molar-refractivity contribution in [3.63, 3.8) is 0 Å². The Morgan fingerprint density at radius 1 is 1.23 bits per heavy atom. The first-order valence-corrected chi connectivity index (χ1v) is 7.39. The predicted molar refractivity (Wildman–Crippen MR) is 83.4 cm³/mol. The molecule has 0 bridgehead atoms. The maximum Gasteiger partial charge on any atom is 0.164 e. The molecule has 1 aliphatic rings. The van der Waals surface area contributed by atoms with Gasteiger partial charge in [0.2, 0.25) is 0 Å². The smallest absolute Gasteiger partial charge is 0.164 e. The van der Waals surface area contributed by atoms with E-state index in [0.29, 0.717) is 13.2 Å². The Hall–Kier alpha value is -2.56. The lowest BCUT2D eigenvalue weighted by molar-refractivity contribution is 0.0757. The van der Waals surface area contributed by atoms with Crippen LogP contribution in [0.1, 0.15) is 11.1 Å². The summed E-state index contributed by atoms with van der Waals surface area (Å²) >= 11 is 0. The third kappa shape index (κ3) is 2.19. The van der Waals surface area contributed by atoms with E-state index in [2.05, 4.69) is 23.3 Å². The topological polar surface area (TPSA) is 49.2 Å². The molecule has 1 aliphatic heterocycles. The Morgan fingerprint density at radius 2 is 2.09 bits per heavy atom. The highest BCUT2D eigenvalue weighted by Gasteiger charge is 2.24. The number of fused-ring (bicyclic) bond motifs is 2. The van der Waals surface area contributed by atoms with Crippen LogP contribution in [0, 0.1) is 13.8 Å². The number of rotatable bonds is 2. The van der Waals surface area contributed by atoms with Crippen LogP contribution in [0.15, 0.2) is 36.4 Å². The van der Waals surface area contributed by atoms with Gasteiger partial charge in [-0.05, 0) is 43.2 Å². The molecule has 0 radical (unpaired) electrons. The second-order valence-corrected chi connectivity index (χ2v) is 5.72. The van der Waals surface area contributed by atoms with Crippen LogP contribution in [0.25, 0.3) is 11.0 Å². The molecule has 2 aromatic carbocycles. The molecule has 112 valence electrons. The van der Waals surface area contributed by atoms with E-state index in [1.165, 1.54) is 5.56 Å². The minimum Gasteiger partial charge on any atom is -0.485 e. The van der Waals surface area contributed by atoms with Crippen LogP contribution in [-0.4, -0.2) is 27.7 Å². The molecule has 5 nitrogen and oxygen atoms in total. The molecule has 0 fully saturated rings. The molecule has 1 unspecified atom stereocenters. The molecular weight excluding hydrogens is 278 g/mol. The molecule has 2 heterocycles. The monoisotopic (exact) mass is 295 g/mol. The fourth-order valence-electron chi connectivity index (χ4n) is 2.91. The van der Waals surface area contributed by atoms with Gasteiger partial charge in [-0.1, -0.05) is 23.4 Å². The number of benzene rings is 2. The van der Waals surface area contributed by atoms with Crippen LogP contribution < -0.4 is 9.47 Å². The van der Waals surface area contributed by atoms with Crippen LogP contribution in [-0.2, 0) is 6.54 Å². The lowest BCUT2D eigenvalue weighted by Crippen LogP contribution is -2.33. The van der Waals surface area contributed by atoms with E-state index >= 15 is 0 Å². The molecule has 0 saturated carbocycles. The minimum atomic E-state index is -0.0705. The molecule has 1 aromatic heterocycles. The van der Waals surface area contributed by atoms with Crippen molar-refractivity contribution in [2.24, 2.45) is 0 Å². The number of hydrogen-bond acceptors (Lipinski definition) is 4. The van der Waals surface area contributed by atoms with Crippen LogP contribution in [0.5, 0.6) is 11.5 Å². The first-order valence-electron chi connectivity index (χ1n) is 7.39. The van der Waals surface area contributed by atoms with Gasteiger partial charge in [-0.25, -0.2) is 4.68 Å². The van der Waals surface area contributed by atoms with Crippen molar-refractivity contribution < 1.29 is 9.47 Å². The first-order chi connectivity index (χ1) is 10.7. The van der Waals surface area contributed by atoms with E-state index in [1.54, 1.807) is 0 Å². The summed E-state index contributed by atoms with van der Waals surface area (Å²) in [5.74, 6) is 1.67. The Labute approximate surface area is 128 Å². The third-order valence-corrected chi connectivity index (χ3v) is 3.89. The van der Waals surface area contributed by atoms with E-state index in [9.17, 15) is 0 Å². The van der Waals surface area contributed by atoms with E-state index in [0.717, 1.165) is 28.1 Å². The molecule has 5 heteroatoms. The van der Waals surface area contributed by atoms with Gasteiger partial charge in [0.05, 0.1) is 12.1 Å². The summed E-state index contributed by atoms with van der Waals surface area (Å²) in [5, 5.41) is 8.38. The van der Waals surface area contributed by atoms with Gasteiger partial charge in [0.15, 0.2) is 17.6 Å². The van der Waals surface area contributed by atoms with E-state index < -0.39 is 0 Å². The van der Waals surface area contributed by atoms with Gasteiger partial charge >= 0.3 is 0 Å². The van der Waals surface area contributed by atoms with Gasteiger partial charge in [0.25, 0.3) is 0 Å². The van der Waals surface area contributed by atoms with Crippen LogP contribution >= 0.6 is 0 Å². The fraction of sp³-hybridized carbons (Fsp3) is 0.294. The Balaban J connectivity index is 1.60. The molecular formula is C17H17N3O2. The second-order valence-electron chi connectivity index (χ2n) is 5.72. The summed E-state index contributed by atoms with van der Waals surface area (Å²) in [4.78, 5) is 0. The number of para-hydroxylation sites is 1. The van der Waals surface area contributed by atoms with Crippen molar-refractivity contribution in [2.75, 3.05) is 6.61 Å². The Morgan fingerprint density at radius 3 is 3.00 bits per heavy atom. The van der Waals surface area contributed by atoms with Crippen LogP contribution in [0.3, 0.4) is 0 Å². The normalized spacial score (nSPS) is 16.9. The molecule has 4 rings (SSSR count). The zero-order valence-corrected chi connectivity index (χ0v) is 12.6. The van der Waals surface area contributed by atoms with Gasteiger partial charge in [-0.15, -0.1) is 5.10 Å². The van der Waals surface area contributed by atoms with Gasteiger partial charge in [0.1, 0.15) is 12.1 Å². The summed E-state index contributed by atoms with van der Waals surface area (Å²) in [6.07, 6.45) is -0.0705. The van der Waals surface area contributed by atoms with E-state index in [1.807, 2.05) is 41.9 Å². The largest absolute Gasteiger partial charge is 0.485 e. The molecule has 1 atom stereocenters. The summed E-state index contributed by atoms with van der Waals surface area (Å²) in [5.41, 5.74) is 4.19. The highest BCUT2D eigenvalue weighted by atomic mass is 16.6. The zero-order valence-electron chi connectivity index (χ0n) is 12.6.